The fourth-order valence-electron chi connectivity index (χ4n) is 4.27. The summed E-state index contributed by atoms with van der Waals surface area (Å²) in [4.78, 5) is 0. The van der Waals surface area contributed by atoms with Crippen LogP contribution in [0.4, 0.5) is 0 Å². The Labute approximate surface area is 164 Å². The van der Waals surface area contributed by atoms with Gasteiger partial charge in [0.2, 0.25) is 0 Å². The summed E-state index contributed by atoms with van der Waals surface area (Å²) in [5.41, 5.74) is 0.410. The van der Waals surface area contributed by atoms with Crippen molar-refractivity contribution in [3.63, 3.8) is 0 Å². The van der Waals surface area contributed by atoms with Gasteiger partial charge in [0.1, 0.15) is 11.2 Å². The van der Waals surface area contributed by atoms with Gasteiger partial charge in [0, 0.05) is 0 Å². The normalized spacial score (nSPS) is 36.5. The predicted octanol–water partition coefficient (Wildman–Crippen LogP) is 1.63. The molecule has 0 radical (unpaired) electrons. The van der Waals surface area contributed by atoms with Gasteiger partial charge >= 0.3 is 0 Å². The molecule has 4 N–H and O–H groups in total. The van der Waals surface area contributed by atoms with E-state index in [1.807, 2.05) is 31.2 Å². The number of methoxy groups -OCH3 is 1. The third-order valence-corrected chi connectivity index (χ3v) is 5.95. The SMILES string of the molecule is COc1ccc(C(O)C2COC(C)(P)N2)cc1.OC1CC2CNCC(C1)C2. The van der Waals surface area contributed by atoms with Crippen molar-refractivity contribution < 1.29 is 19.7 Å². The molecule has 1 aromatic rings. The molecule has 6 unspecified atom stereocenters. The Morgan fingerprint density at radius 1 is 1.19 bits per heavy atom. The van der Waals surface area contributed by atoms with Crippen molar-refractivity contribution >= 4 is 9.24 Å². The number of aliphatic hydroxyl groups is 2. The maximum absolute atomic E-state index is 10.2. The summed E-state index contributed by atoms with van der Waals surface area (Å²) in [6.45, 7) is 4.67. The number of piperidine rings is 1. The van der Waals surface area contributed by atoms with Crippen LogP contribution in [0, 0.1) is 11.8 Å². The summed E-state index contributed by atoms with van der Waals surface area (Å²) in [7, 11) is 4.21. The molecule has 1 saturated carbocycles. The van der Waals surface area contributed by atoms with Crippen molar-refractivity contribution in [3.8, 4) is 5.75 Å². The lowest BCUT2D eigenvalue weighted by molar-refractivity contribution is 0.0535. The third kappa shape index (κ3) is 5.86. The van der Waals surface area contributed by atoms with E-state index in [1.165, 1.54) is 6.42 Å². The number of nitrogens with one attached hydrogen (secondary N) is 2. The minimum absolute atomic E-state index is 0.00542. The van der Waals surface area contributed by atoms with Crippen LogP contribution >= 0.6 is 9.24 Å². The van der Waals surface area contributed by atoms with Gasteiger partial charge in [0.15, 0.2) is 0 Å². The average molecular weight is 396 g/mol. The first-order chi connectivity index (χ1) is 12.9. The second-order valence-electron chi connectivity index (χ2n) is 8.14. The molecule has 2 saturated heterocycles. The molecule has 3 fully saturated rings. The summed E-state index contributed by atoms with van der Waals surface area (Å²) < 4.78 is 10.6. The number of rotatable bonds is 3. The number of hydrogen-bond donors (Lipinski definition) is 4. The quantitative estimate of drug-likeness (QED) is 0.582. The van der Waals surface area contributed by atoms with Crippen molar-refractivity contribution in [2.24, 2.45) is 11.8 Å². The third-order valence-electron chi connectivity index (χ3n) is 5.62. The topological polar surface area (TPSA) is 83.0 Å². The highest BCUT2D eigenvalue weighted by molar-refractivity contribution is 7.18. The first-order valence-electron chi connectivity index (χ1n) is 9.77. The van der Waals surface area contributed by atoms with E-state index in [2.05, 4.69) is 19.9 Å². The van der Waals surface area contributed by atoms with Gasteiger partial charge in [-0.2, -0.15) is 0 Å². The van der Waals surface area contributed by atoms with Gasteiger partial charge in [-0.25, -0.2) is 0 Å². The zero-order valence-electron chi connectivity index (χ0n) is 16.2. The molecular weight excluding hydrogens is 363 g/mol. The largest absolute Gasteiger partial charge is 0.497 e. The molecule has 7 heteroatoms. The van der Waals surface area contributed by atoms with Crippen LogP contribution in [-0.2, 0) is 4.74 Å². The summed E-state index contributed by atoms with van der Waals surface area (Å²) >= 11 is 0. The summed E-state index contributed by atoms with van der Waals surface area (Å²) in [6, 6.07) is 7.32. The molecule has 6 nitrogen and oxygen atoms in total. The van der Waals surface area contributed by atoms with Crippen LogP contribution in [0.5, 0.6) is 5.75 Å². The maximum atomic E-state index is 10.2. The Kier molecular flexibility index (Phi) is 7.12. The monoisotopic (exact) mass is 396 g/mol. The Hall–Kier alpha value is -0.750. The first-order valence-corrected chi connectivity index (χ1v) is 10.4. The van der Waals surface area contributed by atoms with Crippen LogP contribution in [0.1, 0.15) is 37.9 Å². The highest BCUT2D eigenvalue weighted by Gasteiger charge is 2.35. The molecule has 1 aliphatic carbocycles. The summed E-state index contributed by atoms with van der Waals surface area (Å²) in [5.74, 6) is 2.32. The van der Waals surface area contributed by atoms with Gasteiger partial charge in [-0.05, 0) is 68.8 Å². The Balaban J connectivity index is 0.000000177. The van der Waals surface area contributed by atoms with E-state index >= 15 is 0 Å². The molecule has 2 aliphatic heterocycles. The second-order valence-corrected chi connectivity index (χ2v) is 9.24. The molecule has 27 heavy (non-hydrogen) atoms. The zero-order valence-corrected chi connectivity index (χ0v) is 17.4. The van der Waals surface area contributed by atoms with Gasteiger partial charge in [0.05, 0.1) is 32.0 Å². The van der Waals surface area contributed by atoms with Gasteiger partial charge in [-0.1, -0.05) is 21.4 Å². The van der Waals surface area contributed by atoms with E-state index in [0.29, 0.717) is 6.61 Å². The number of fused-ring (bicyclic) bond motifs is 2. The molecular formula is C20H33N2O4P. The van der Waals surface area contributed by atoms with Crippen molar-refractivity contribution in [3.05, 3.63) is 29.8 Å². The number of aliphatic hydroxyl groups excluding tert-OH is 2. The fourth-order valence-corrected chi connectivity index (χ4v) is 4.58. The van der Waals surface area contributed by atoms with E-state index < -0.39 is 11.6 Å². The molecule has 6 atom stereocenters. The Bertz CT molecular complexity index is 582. The predicted molar refractivity (Wildman–Crippen MR) is 109 cm³/mol. The lowest BCUT2D eigenvalue weighted by atomic mass is 9.77. The summed E-state index contributed by atoms with van der Waals surface area (Å²) in [6.07, 6.45) is 2.84. The summed E-state index contributed by atoms with van der Waals surface area (Å²) in [5, 5.41) is 26.2. The fraction of sp³-hybridized carbons (Fsp3) is 0.700. The van der Waals surface area contributed by atoms with Gasteiger partial charge in [-0.3, -0.25) is 5.32 Å². The average Bonchev–Trinajstić information content (AvgIpc) is 3.01. The van der Waals surface area contributed by atoms with Gasteiger partial charge in [-0.15, -0.1) is 0 Å². The Morgan fingerprint density at radius 2 is 1.81 bits per heavy atom. The first kappa shape index (κ1) is 21.0. The lowest BCUT2D eigenvalue weighted by Crippen LogP contribution is -2.42. The highest BCUT2D eigenvalue weighted by Crippen LogP contribution is 2.31. The van der Waals surface area contributed by atoms with Crippen LogP contribution in [0.25, 0.3) is 0 Å². The zero-order chi connectivity index (χ0) is 19.4. The van der Waals surface area contributed by atoms with Crippen molar-refractivity contribution in [2.75, 3.05) is 26.8 Å². The maximum Gasteiger partial charge on any atom is 0.130 e. The van der Waals surface area contributed by atoms with Crippen LogP contribution in [0.3, 0.4) is 0 Å². The molecule has 2 bridgehead atoms. The number of benzene rings is 1. The van der Waals surface area contributed by atoms with E-state index in [9.17, 15) is 10.2 Å². The smallest absolute Gasteiger partial charge is 0.130 e. The molecule has 152 valence electrons. The second kappa shape index (κ2) is 9.17. The number of ether oxygens (including phenoxy) is 2. The standard InChI is InChI=1S/C12H18NO3P.C8H15NO/c1-12(17)13-10(7-16-12)11(14)8-3-5-9(15-2)6-4-8;10-8-2-6-1-7(3-8)5-9-4-6/h3-6,10-11,13-14H,7,17H2,1-2H3;6-10H,1-5H2. The lowest BCUT2D eigenvalue weighted by Gasteiger charge is -2.37. The van der Waals surface area contributed by atoms with Gasteiger partial charge < -0.3 is 25.0 Å². The van der Waals surface area contributed by atoms with Crippen molar-refractivity contribution in [1.29, 1.82) is 0 Å². The van der Waals surface area contributed by atoms with Crippen LogP contribution in [0.2, 0.25) is 0 Å². The molecule has 3 aliphatic rings. The van der Waals surface area contributed by atoms with E-state index in [-0.39, 0.29) is 12.1 Å². The van der Waals surface area contributed by atoms with Crippen LogP contribution < -0.4 is 15.4 Å². The molecule has 0 amide bonds. The minimum Gasteiger partial charge on any atom is -0.497 e. The van der Waals surface area contributed by atoms with Crippen LogP contribution in [0.15, 0.2) is 24.3 Å². The molecule has 2 heterocycles. The molecule has 1 aromatic carbocycles. The van der Waals surface area contributed by atoms with Crippen molar-refractivity contribution in [1.82, 2.24) is 10.6 Å². The Morgan fingerprint density at radius 3 is 2.33 bits per heavy atom. The van der Waals surface area contributed by atoms with Crippen molar-refractivity contribution in [2.45, 2.75) is 49.9 Å². The molecule has 0 aromatic heterocycles. The highest BCUT2D eigenvalue weighted by atomic mass is 31.0. The molecule has 4 rings (SSSR count). The van der Waals surface area contributed by atoms with Gasteiger partial charge in [0.25, 0.3) is 0 Å². The van der Waals surface area contributed by atoms with E-state index in [4.69, 9.17) is 9.47 Å². The minimum atomic E-state index is -0.580. The number of hydrogen-bond acceptors (Lipinski definition) is 6. The van der Waals surface area contributed by atoms with E-state index in [0.717, 1.165) is 49.1 Å². The molecule has 0 spiro atoms. The van der Waals surface area contributed by atoms with E-state index in [1.54, 1.807) is 7.11 Å². The van der Waals surface area contributed by atoms with Crippen LogP contribution in [-0.4, -0.2) is 54.6 Å².